The molecule has 1 aliphatic rings. The number of rotatable bonds is 5. The van der Waals surface area contributed by atoms with E-state index in [-0.39, 0.29) is 0 Å². The topological polar surface area (TPSA) is 0 Å². The summed E-state index contributed by atoms with van der Waals surface area (Å²) < 4.78 is 0. The molecule has 3 rings (SSSR count). The van der Waals surface area contributed by atoms with E-state index in [1.165, 1.54) is 58.7 Å². The molecule has 2 aromatic carbocycles. The second-order valence-corrected chi connectivity index (χ2v) is 8.17. The molecule has 2 aromatic rings. The van der Waals surface area contributed by atoms with Gasteiger partial charge in [0.15, 0.2) is 0 Å². The fourth-order valence-electron chi connectivity index (χ4n) is 3.90. The molecule has 0 atom stereocenters. The van der Waals surface area contributed by atoms with Crippen molar-refractivity contribution in [3.63, 3.8) is 0 Å². The Morgan fingerprint density at radius 1 is 0.783 bits per heavy atom. The first-order chi connectivity index (χ1) is 11.2. The lowest BCUT2D eigenvalue weighted by Gasteiger charge is -2.28. The van der Waals surface area contributed by atoms with E-state index in [1.54, 1.807) is 5.56 Å². The standard InChI is InChI=1S/C22H30Si/c1-17-2-4-18(5-3-17)6-7-19-8-12-21(13-9-19)22-14-10-20(16-23)11-15-22/h2-5,8-9,12-13,20,22H,6-7,10-11,14-16H2,1,23H3. The van der Waals surface area contributed by atoms with Gasteiger partial charge in [0, 0.05) is 10.2 Å². The molecule has 0 amide bonds. The van der Waals surface area contributed by atoms with Gasteiger partial charge in [-0.1, -0.05) is 73.0 Å². The molecule has 0 nitrogen and oxygen atoms in total. The Balaban J connectivity index is 1.54. The van der Waals surface area contributed by atoms with Gasteiger partial charge in [-0.15, -0.1) is 0 Å². The summed E-state index contributed by atoms with van der Waals surface area (Å²) in [6.45, 7) is 2.15. The Kier molecular flexibility index (Phi) is 5.72. The highest BCUT2D eigenvalue weighted by Crippen LogP contribution is 2.36. The third-order valence-electron chi connectivity index (χ3n) is 5.70. The molecular weight excluding hydrogens is 292 g/mol. The monoisotopic (exact) mass is 322 g/mol. The zero-order valence-corrected chi connectivity index (χ0v) is 16.7. The van der Waals surface area contributed by atoms with Crippen molar-refractivity contribution in [1.29, 1.82) is 0 Å². The number of hydrogen-bond donors (Lipinski definition) is 0. The zero-order chi connectivity index (χ0) is 16.1. The molecule has 0 bridgehead atoms. The third kappa shape index (κ3) is 4.57. The average Bonchev–Trinajstić information content (AvgIpc) is 2.62. The summed E-state index contributed by atoms with van der Waals surface area (Å²) in [5, 5.41) is 0. The quantitative estimate of drug-likeness (QED) is 0.691. The SMILES string of the molecule is Cc1ccc(CCc2ccc(C3CCC(C[SiH3])CC3)cc2)cc1. The molecule has 0 spiro atoms. The van der Waals surface area contributed by atoms with Crippen molar-refractivity contribution < 1.29 is 0 Å². The second-order valence-electron chi connectivity index (χ2n) is 7.35. The van der Waals surface area contributed by atoms with Crippen LogP contribution in [0.2, 0.25) is 6.04 Å². The van der Waals surface area contributed by atoms with E-state index in [9.17, 15) is 0 Å². The van der Waals surface area contributed by atoms with E-state index in [2.05, 4.69) is 55.5 Å². The van der Waals surface area contributed by atoms with Gasteiger partial charge in [0.25, 0.3) is 0 Å². The minimum Gasteiger partial charge on any atom is -0.0631 e. The van der Waals surface area contributed by atoms with E-state index in [0.717, 1.165) is 24.7 Å². The lowest BCUT2D eigenvalue weighted by atomic mass is 9.79. The van der Waals surface area contributed by atoms with Gasteiger partial charge in [-0.05, 0) is 61.1 Å². The fourth-order valence-corrected chi connectivity index (χ4v) is 4.72. The predicted molar refractivity (Wildman–Crippen MR) is 104 cm³/mol. The molecule has 122 valence electrons. The second kappa shape index (κ2) is 7.96. The van der Waals surface area contributed by atoms with Crippen LogP contribution in [0.25, 0.3) is 0 Å². The van der Waals surface area contributed by atoms with Crippen LogP contribution in [0.4, 0.5) is 0 Å². The Morgan fingerprint density at radius 3 is 1.83 bits per heavy atom. The van der Waals surface area contributed by atoms with E-state index < -0.39 is 0 Å². The van der Waals surface area contributed by atoms with E-state index in [0.29, 0.717) is 0 Å². The normalized spacial score (nSPS) is 21.4. The van der Waals surface area contributed by atoms with Crippen LogP contribution in [0, 0.1) is 12.8 Å². The highest BCUT2D eigenvalue weighted by Gasteiger charge is 2.20. The summed E-state index contributed by atoms with van der Waals surface area (Å²) in [6.07, 6.45) is 8.04. The van der Waals surface area contributed by atoms with Crippen LogP contribution in [0.1, 0.15) is 53.9 Å². The highest BCUT2D eigenvalue weighted by molar-refractivity contribution is 6.08. The highest BCUT2D eigenvalue weighted by atomic mass is 28.1. The van der Waals surface area contributed by atoms with Gasteiger partial charge in [-0.2, -0.15) is 0 Å². The average molecular weight is 323 g/mol. The molecule has 1 heteroatoms. The molecule has 23 heavy (non-hydrogen) atoms. The number of hydrogen-bond acceptors (Lipinski definition) is 0. The van der Waals surface area contributed by atoms with Crippen LogP contribution in [0.3, 0.4) is 0 Å². The van der Waals surface area contributed by atoms with Crippen LogP contribution in [0.5, 0.6) is 0 Å². The molecule has 1 saturated carbocycles. The fraction of sp³-hybridized carbons (Fsp3) is 0.455. The van der Waals surface area contributed by atoms with Crippen LogP contribution in [-0.4, -0.2) is 10.2 Å². The molecule has 0 unspecified atom stereocenters. The summed E-state index contributed by atoms with van der Waals surface area (Å²) in [5.41, 5.74) is 5.85. The van der Waals surface area contributed by atoms with Crippen molar-refractivity contribution in [2.45, 2.75) is 57.4 Å². The molecule has 0 radical (unpaired) electrons. The molecule has 0 aliphatic heterocycles. The van der Waals surface area contributed by atoms with Crippen molar-refractivity contribution in [1.82, 2.24) is 0 Å². The predicted octanol–water partition coefficient (Wildman–Crippen LogP) is 4.84. The summed E-state index contributed by atoms with van der Waals surface area (Å²) in [5.74, 6) is 1.87. The molecule has 0 aromatic heterocycles. The Labute approximate surface area is 144 Å². The summed E-state index contributed by atoms with van der Waals surface area (Å²) in [7, 11) is 1.38. The van der Waals surface area contributed by atoms with Gasteiger partial charge in [-0.25, -0.2) is 0 Å². The van der Waals surface area contributed by atoms with Crippen molar-refractivity contribution >= 4 is 10.2 Å². The number of aryl methyl sites for hydroxylation is 3. The van der Waals surface area contributed by atoms with Crippen molar-refractivity contribution in [2.24, 2.45) is 5.92 Å². The van der Waals surface area contributed by atoms with Gasteiger partial charge in [0.1, 0.15) is 0 Å². The molecular formula is C22H30Si. The van der Waals surface area contributed by atoms with Gasteiger partial charge in [0.2, 0.25) is 0 Å². The number of benzene rings is 2. The lowest BCUT2D eigenvalue weighted by molar-refractivity contribution is 0.348. The Bertz CT molecular complexity index is 589. The van der Waals surface area contributed by atoms with Crippen LogP contribution in [-0.2, 0) is 12.8 Å². The molecule has 0 heterocycles. The summed E-state index contributed by atoms with van der Waals surface area (Å²) >= 11 is 0. The molecule has 0 saturated heterocycles. The zero-order valence-electron chi connectivity index (χ0n) is 14.7. The largest absolute Gasteiger partial charge is 0.0631 e. The smallest absolute Gasteiger partial charge is 0.00314 e. The summed E-state index contributed by atoms with van der Waals surface area (Å²) in [4.78, 5) is 0. The van der Waals surface area contributed by atoms with Crippen LogP contribution in [0.15, 0.2) is 48.5 Å². The first-order valence-electron chi connectivity index (χ1n) is 9.39. The Hall–Kier alpha value is -1.34. The van der Waals surface area contributed by atoms with Gasteiger partial charge < -0.3 is 0 Å². The molecule has 1 fully saturated rings. The minimum atomic E-state index is 0.825. The van der Waals surface area contributed by atoms with E-state index in [1.807, 2.05) is 0 Å². The molecule has 1 aliphatic carbocycles. The van der Waals surface area contributed by atoms with E-state index in [4.69, 9.17) is 0 Å². The first-order valence-corrected chi connectivity index (χ1v) is 10.8. The first kappa shape index (κ1) is 16.5. The Morgan fingerprint density at radius 2 is 1.30 bits per heavy atom. The molecule has 0 N–H and O–H groups in total. The van der Waals surface area contributed by atoms with Gasteiger partial charge >= 0.3 is 0 Å². The van der Waals surface area contributed by atoms with Crippen LogP contribution < -0.4 is 0 Å². The van der Waals surface area contributed by atoms with Crippen LogP contribution >= 0.6 is 0 Å². The van der Waals surface area contributed by atoms with Crippen molar-refractivity contribution in [3.8, 4) is 0 Å². The maximum absolute atomic E-state index is 2.40. The van der Waals surface area contributed by atoms with Gasteiger partial charge in [-0.3, -0.25) is 0 Å². The van der Waals surface area contributed by atoms with Gasteiger partial charge in [0.05, 0.1) is 0 Å². The third-order valence-corrected chi connectivity index (χ3v) is 6.85. The summed E-state index contributed by atoms with van der Waals surface area (Å²) in [6, 6.07) is 20.0. The minimum absolute atomic E-state index is 0.825. The van der Waals surface area contributed by atoms with Crippen molar-refractivity contribution in [2.75, 3.05) is 0 Å². The lowest BCUT2D eigenvalue weighted by Crippen LogP contribution is -2.12. The van der Waals surface area contributed by atoms with Crippen molar-refractivity contribution in [3.05, 3.63) is 70.8 Å². The van der Waals surface area contributed by atoms with E-state index >= 15 is 0 Å². The maximum atomic E-state index is 2.40. The maximum Gasteiger partial charge on any atom is 0.00314 e.